The van der Waals surface area contributed by atoms with E-state index in [1.807, 2.05) is 13.8 Å². The molecule has 15 atom stereocenters. The first-order chi connectivity index (χ1) is 38.7. The maximum atomic E-state index is 11.8. The fraction of sp³-hybridized carbons (Fsp3) is 0.809. The molecule has 0 saturated carbocycles. The number of esters is 9. The Labute approximate surface area is 499 Å². The van der Waals surface area contributed by atoms with E-state index in [9.17, 15) is 43.2 Å². The number of halogens is 2. The summed E-state index contributed by atoms with van der Waals surface area (Å²) in [6, 6.07) is -3.06. The summed E-state index contributed by atoms with van der Waals surface area (Å²) >= 11 is 12.3. The second kappa shape index (κ2) is 39.2. The zero-order chi connectivity index (χ0) is 63.9. The molecule has 470 valence electrons. The van der Waals surface area contributed by atoms with Crippen molar-refractivity contribution in [2.75, 3.05) is 36.7 Å². The Balaban J connectivity index is 0.00000119. The fourth-order valence-electron chi connectivity index (χ4n) is 7.37. The summed E-state index contributed by atoms with van der Waals surface area (Å²) in [5, 5.41) is 11.1. The van der Waals surface area contributed by atoms with Gasteiger partial charge in [0.1, 0.15) is 60.5 Å². The van der Waals surface area contributed by atoms with Crippen molar-refractivity contribution in [3.05, 3.63) is 31.3 Å². The van der Waals surface area contributed by atoms with Crippen molar-refractivity contribution in [3.63, 3.8) is 0 Å². The minimum absolute atomic E-state index is 0.0148. The van der Waals surface area contributed by atoms with Crippen molar-refractivity contribution in [1.82, 2.24) is 0 Å². The van der Waals surface area contributed by atoms with Gasteiger partial charge in [-0.05, 0) is 46.2 Å². The summed E-state index contributed by atoms with van der Waals surface area (Å²) in [4.78, 5) is 111. The molecular formula is C47H75Cl2N9O22S2Si. The quantitative estimate of drug-likeness (QED) is 0.0205. The Morgan fingerprint density at radius 2 is 0.747 bits per heavy atom. The number of ether oxygens (including phenoxy) is 12. The first-order valence-corrected chi connectivity index (χ1v) is 31.3. The third-order valence-electron chi connectivity index (χ3n) is 11.5. The molecule has 0 aliphatic carbocycles. The first-order valence-electron chi connectivity index (χ1n) is 25.3. The number of hydrogen-bond acceptors (Lipinski definition) is 27. The third-order valence-corrected chi connectivity index (χ3v) is 18.1. The lowest BCUT2D eigenvalue weighted by Gasteiger charge is -2.45. The van der Waals surface area contributed by atoms with E-state index in [4.69, 9.17) is 101 Å². The zero-order valence-corrected chi connectivity index (χ0v) is 53.1. The predicted octanol–water partition coefficient (Wildman–Crippen LogP) is 7.40. The first kappa shape index (κ1) is 77.5. The van der Waals surface area contributed by atoms with Crippen molar-refractivity contribution in [2.45, 2.75) is 205 Å². The van der Waals surface area contributed by atoms with Crippen LogP contribution in [0.3, 0.4) is 0 Å². The molecule has 3 rings (SSSR count). The van der Waals surface area contributed by atoms with Gasteiger partial charge < -0.3 is 61.3 Å². The fourth-order valence-corrected chi connectivity index (χ4v) is 10.3. The van der Waals surface area contributed by atoms with Crippen LogP contribution in [0.15, 0.2) is 15.3 Å². The number of alkyl halides is 2. The molecule has 0 amide bonds. The molecule has 83 heavy (non-hydrogen) atoms. The van der Waals surface area contributed by atoms with Crippen LogP contribution in [0, 0.1) is 0 Å². The smallest absolute Gasteiger partial charge is 0.304 e. The van der Waals surface area contributed by atoms with Crippen molar-refractivity contribution >= 4 is 109 Å². The van der Waals surface area contributed by atoms with E-state index in [0.29, 0.717) is 11.5 Å². The molecule has 0 aromatic carbocycles. The highest BCUT2D eigenvalue weighted by atomic mass is 35.5. The number of thioether (sulfide) groups is 2. The third kappa shape index (κ3) is 28.3. The van der Waals surface area contributed by atoms with Crippen LogP contribution in [0.4, 0.5) is 0 Å². The van der Waals surface area contributed by atoms with Crippen LogP contribution >= 0.6 is 46.7 Å². The van der Waals surface area contributed by atoms with Crippen LogP contribution < -0.4 is 0 Å². The average molecular weight is 1280 g/mol. The molecule has 3 heterocycles. The molecule has 3 saturated heterocycles. The minimum Gasteiger partial charge on any atom is -0.463 e. The average Bonchev–Trinajstić information content (AvgIpc) is 3.52. The lowest BCUT2D eigenvalue weighted by molar-refractivity contribution is -0.267. The number of hydrogen-bond donors (Lipinski definition) is 0. The summed E-state index contributed by atoms with van der Waals surface area (Å²) in [6.07, 6.45) is -10.7. The van der Waals surface area contributed by atoms with E-state index in [0.717, 1.165) is 27.7 Å². The molecule has 0 bridgehead atoms. The van der Waals surface area contributed by atoms with Crippen molar-refractivity contribution in [3.8, 4) is 0 Å². The molecule has 3 aliphatic heterocycles. The maximum absolute atomic E-state index is 11.8. The van der Waals surface area contributed by atoms with Crippen molar-refractivity contribution in [2.24, 2.45) is 15.3 Å². The summed E-state index contributed by atoms with van der Waals surface area (Å²) in [6.45, 7) is 24.6. The normalized spacial score (nSPS) is 27.0. The van der Waals surface area contributed by atoms with E-state index < -0.39 is 152 Å². The molecule has 0 spiro atoms. The van der Waals surface area contributed by atoms with Crippen LogP contribution in [-0.2, 0) is 104 Å². The maximum Gasteiger partial charge on any atom is 0.304 e. The van der Waals surface area contributed by atoms with Gasteiger partial charge in [0.2, 0.25) is 6.29 Å². The van der Waals surface area contributed by atoms with Crippen LogP contribution in [-0.4, -0.2) is 189 Å². The molecule has 6 unspecified atom stereocenters. The molecular weight excluding hydrogens is 1210 g/mol. The Hall–Kier alpha value is -5.50. The van der Waals surface area contributed by atoms with Gasteiger partial charge in [0.05, 0.1) is 11.9 Å². The lowest BCUT2D eigenvalue weighted by Crippen LogP contribution is -2.61. The van der Waals surface area contributed by atoms with Crippen LogP contribution in [0.1, 0.15) is 96.9 Å². The van der Waals surface area contributed by atoms with Crippen LogP contribution in [0.2, 0.25) is 18.1 Å². The highest BCUT2D eigenvalue weighted by molar-refractivity contribution is 8.00. The number of rotatable bonds is 21. The second-order valence-corrected chi connectivity index (χ2v) is 27.3. The van der Waals surface area contributed by atoms with Gasteiger partial charge >= 0.3 is 53.7 Å². The lowest BCUT2D eigenvalue weighted by atomic mass is 9.97. The standard InChI is InChI=1S/C18H33N3O6SSi.C14H19N3O9.C14H21N3O7S.CH2Cl2/c1-9-28-17-14(20-21-19)16(26-12(3)23)15(25-11(2)22)13(27-17)10-24-29(7,8)18(4,5)6;1-6(18)22-5-10-12(23-7(2)19)13(24-8(3)20)11(16-17-15)14(26-10)25-9(4)21;1-5-25-14-11(16-17-15)13(23-9(4)20)12(22-8(3)19)10(24-14)6-21-7(2)18;2-1-3/h13-17H,9-10H2,1-8H3;10-14H,5H2,1-4H3;10-14H,5-6H2,1-4H3;1H2/t13?,14?,15-,16-,17+;2*10?,11?,12-,13-,14+;/m111./s1. The van der Waals surface area contributed by atoms with Gasteiger partial charge in [-0.3, -0.25) is 43.2 Å². The van der Waals surface area contributed by atoms with Crippen LogP contribution in [0.5, 0.6) is 0 Å². The van der Waals surface area contributed by atoms with E-state index in [1.165, 1.54) is 58.1 Å². The highest BCUT2D eigenvalue weighted by Gasteiger charge is 2.54. The van der Waals surface area contributed by atoms with Gasteiger partial charge in [0, 0.05) is 77.0 Å². The van der Waals surface area contributed by atoms with E-state index in [1.54, 1.807) is 0 Å². The summed E-state index contributed by atoms with van der Waals surface area (Å²) in [7, 11) is -2.10. The Kier molecular flexibility index (Phi) is 36.6. The molecule has 0 aromatic rings. The van der Waals surface area contributed by atoms with Crippen molar-refractivity contribution in [1.29, 1.82) is 0 Å². The van der Waals surface area contributed by atoms with E-state index >= 15 is 0 Å². The number of carbonyl (C=O) groups excluding carboxylic acids is 9. The summed E-state index contributed by atoms with van der Waals surface area (Å²) in [5.74, 6) is -4.48. The van der Waals surface area contributed by atoms with E-state index in [-0.39, 0.29) is 30.2 Å². The van der Waals surface area contributed by atoms with Gasteiger partial charge in [-0.25, -0.2) is 0 Å². The topological polar surface area (TPSA) is 420 Å². The monoisotopic (exact) mass is 1280 g/mol. The molecule has 0 N–H and O–H groups in total. The number of carbonyl (C=O) groups is 9. The number of azide groups is 3. The Bertz CT molecular complexity index is 2330. The van der Waals surface area contributed by atoms with Gasteiger partial charge in [-0.1, -0.05) is 50.0 Å². The summed E-state index contributed by atoms with van der Waals surface area (Å²) in [5.41, 5.74) is 25.4. The van der Waals surface area contributed by atoms with Gasteiger partial charge in [-0.15, -0.1) is 46.7 Å². The van der Waals surface area contributed by atoms with Gasteiger partial charge in [-0.2, -0.15) is 0 Å². The van der Waals surface area contributed by atoms with Crippen LogP contribution in [0.25, 0.3) is 31.3 Å². The zero-order valence-electron chi connectivity index (χ0n) is 49.0. The molecule has 36 heteroatoms. The largest absolute Gasteiger partial charge is 0.463 e. The van der Waals surface area contributed by atoms with E-state index in [2.05, 4.69) is 63.9 Å². The molecule has 3 aliphatic rings. The second-order valence-electron chi connectivity index (χ2n) is 19.0. The Morgan fingerprint density at radius 3 is 1.02 bits per heavy atom. The molecule has 31 nitrogen and oxygen atoms in total. The Morgan fingerprint density at radius 1 is 0.470 bits per heavy atom. The minimum atomic E-state index is -2.10. The molecule has 0 aromatic heterocycles. The summed E-state index contributed by atoms with van der Waals surface area (Å²) < 4.78 is 70.2. The van der Waals surface area contributed by atoms with Gasteiger partial charge in [0.25, 0.3) is 0 Å². The SMILES string of the molecule is CC(=O)OCC1O[C@H](OC(C)=O)C(N=[N+]=[N-])[C@@H](OC(C)=O)[C@@H]1OC(C)=O.CCS[C@@H]1OC(COC(C)=O)[C@@H](OC(C)=O)[C@H](OC(C)=O)C1N=[N+]=[N-].CCS[C@@H]1OC(CO[Si](C)(C)C(C)(C)C)[C@@H](OC(C)=O)[C@H](OC(C)=O)C1N=[N+]=[N-].ClCCl. The highest BCUT2D eigenvalue weighted by Crippen LogP contribution is 2.40. The number of nitrogens with zero attached hydrogens (tertiary/aromatic N) is 9. The molecule has 3 fully saturated rings. The predicted molar refractivity (Wildman–Crippen MR) is 299 cm³/mol. The van der Waals surface area contributed by atoms with Crippen molar-refractivity contribution < 1.29 is 104 Å². The van der Waals surface area contributed by atoms with Gasteiger partial charge in [0.15, 0.2) is 44.9 Å². The molecule has 0 radical (unpaired) electrons.